The number of hydrogen-bond donors (Lipinski definition) is 0. The van der Waals surface area contributed by atoms with Crippen molar-refractivity contribution in [3.05, 3.63) is 29.3 Å². The molecule has 17 heavy (non-hydrogen) atoms. The van der Waals surface area contributed by atoms with E-state index in [-0.39, 0.29) is 23.3 Å². The minimum absolute atomic E-state index is 0.104. The third-order valence-corrected chi connectivity index (χ3v) is 2.59. The van der Waals surface area contributed by atoms with Crippen molar-refractivity contribution in [2.45, 2.75) is 19.0 Å². The van der Waals surface area contributed by atoms with Crippen molar-refractivity contribution in [3.8, 4) is 11.8 Å². The highest BCUT2D eigenvalue weighted by molar-refractivity contribution is 6.09. The lowest BCUT2D eigenvalue weighted by atomic mass is 10.0. The first-order valence-corrected chi connectivity index (χ1v) is 4.93. The number of rotatable bonds is 1. The van der Waals surface area contributed by atoms with E-state index in [0.29, 0.717) is 0 Å². The Balaban J connectivity index is 2.52. The van der Waals surface area contributed by atoms with Gasteiger partial charge in [0.25, 0.3) is 5.67 Å². The number of ketones is 1. The number of benzene rings is 1. The van der Waals surface area contributed by atoms with Crippen molar-refractivity contribution < 1.29 is 18.7 Å². The zero-order chi connectivity index (χ0) is 12.6. The highest BCUT2D eigenvalue weighted by Gasteiger charge is 2.48. The molecule has 1 atom stereocenters. The Morgan fingerprint density at radius 1 is 1.59 bits per heavy atom. The van der Waals surface area contributed by atoms with Gasteiger partial charge in [0.2, 0.25) is 5.78 Å². The number of hydrogen-bond acceptors (Lipinski definition) is 4. The summed E-state index contributed by atoms with van der Waals surface area (Å²) in [6.45, 7) is 1.21. The summed E-state index contributed by atoms with van der Waals surface area (Å²) < 4.78 is 18.8. The zero-order valence-corrected chi connectivity index (χ0v) is 8.99. The van der Waals surface area contributed by atoms with E-state index in [1.165, 1.54) is 31.2 Å². The van der Waals surface area contributed by atoms with Crippen molar-refractivity contribution in [2.24, 2.45) is 0 Å². The molecule has 0 N–H and O–H groups in total. The Labute approximate surface area is 96.6 Å². The molecule has 4 nitrogen and oxygen atoms in total. The molecule has 1 aliphatic carbocycles. The number of carbonyl (C=O) groups is 2. The molecule has 86 valence electrons. The van der Waals surface area contributed by atoms with Gasteiger partial charge in [0.15, 0.2) is 0 Å². The Bertz CT molecular complexity index is 561. The number of alkyl halides is 1. The minimum atomic E-state index is -2.54. The van der Waals surface area contributed by atoms with Crippen LogP contribution >= 0.6 is 0 Å². The van der Waals surface area contributed by atoms with Crippen LogP contribution in [0, 0.1) is 11.3 Å². The molecule has 0 saturated carbocycles. The predicted molar refractivity (Wildman–Crippen MR) is 55.2 cm³/mol. The van der Waals surface area contributed by atoms with E-state index in [2.05, 4.69) is 0 Å². The zero-order valence-electron chi connectivity index (χ0n) is 8.99. The van der Waals surface area contributed by atoms with Gasteiger partial charge in [-0.3, -0.25) is 9.59 Å². The van der Waals surface area contributed by atoms with Crippen LogP contribution in [0.4, 0.5) is 4.39 Å². The number of esters is 1. The highest BCUT2D eigenvalue weighted by Crippen LogP contribution is 2.37. The Morgan fingerprint density at radius 3 is 2.88 bits per heavy atom. The second kappa shape index (κ2) is 3.67. The van der Waals surface area contributed by atoms with Crippen molar-refractivity contribution in [1.82, 2.24) is 0 Å². The van der Waals surface area contributed by atoms with Gasteiger partial charge in [-0.25, -0.2) is 4.39 Å². The monoisotopic (exact) mass is 233 g/mol. The molecule has 5 heteroatoms. The van der Waals surface area contributed by atoms with Gasteiger partial charge < -0.3 is 4.74 Å². The van der Waals surface area contributed by atoms with Crippen LogP contribution in [0.5, 0.6) is 5.75 Å². The maximum absolute atomic E-state index is 13.9. The van der Waals surface area contributed by atoms with E-state index < -0.39 is 17.4 Å². The van der Waals surface area contributed by atoms with Gasteiger partial charge in [-0.05, 0) is 6.07 Å². The summed E-state index contributed by atoms with van der Waals surface area (Å²) >= 11 is 0. The number of nitriles is 1. The van der Waals surface area contributed by atoms with Crippen LogP contribution in [0.3, 0.4) is 0 Å². The number of Topliss-reactive ketones (excluding diaryl/α,β-unsaturated/α-hetero) is 1. The van der Waals surface area contributed by atoms with E-state index in [1.807, 2.05) is 0 Å². The molecule has 1 unspecified atom stereocenters. The summed E-state index contributed by atoms with van der Waals surface area (Å²) in [5.74, 6) is -1.29. The number of halogens is 1. The van der Waals surface area contributed by atoms with Crippen LogP contribution in [0.15, 0.2) is 18.2 Å². The van der Waals surface area contributed by atoms with Crippen molar-refractivity contribution >= 4 is 11.8 Å². The van der Waals surface area contributed by atoms with Crippen molar-refractivity contribution in [3.63, 3.8) is 0 Å². The van der Waals surface area contributed by atoms with Crippen molar-refractivity contribution in [1.29, 1.82) is 5.26 Å². The lowest BCUT2D eigenvalue weighted by molar-refractivity contribution is -0.131. The Morgan fingerprint density at radius 2 is 2.29 bits per heavy atom. The molecule has 0 fully saturated rings. The molecule has 0 amide bonds. The van der Waals surface area contributed by atoms with Crippen molar-refractivity contribution in [2.75, 3.05) is 0 Å². The first kappa shape index (κ1) is 11.3. The maximum Gasteiger partial charge on any atom is 0.308 e. The summed E-state index contributed by atoms with van der Waals surface area (Å²) in [6, 6.07) is 5.73. The summed E-state index contributed by atoms with van der Waals surface area (Å²) in [6.07, 6.45) is -0.374. The minimum Gasteiger partial charge on any atom is -0.426 e. The predicted octanol–water partition coefficient (Wildman–Crippen LogP) is 1.58. The summed E-state index contributed by atoms with van der Waals surface area (Å²) in [4.78, 5) is 22.5. The smallest absolute Gasteiger partial charge is 0.308 e. The van der Waals surface area contributed by atoms with Gasteiger partial charge in [0, 0.05) is 24.5 Å². The third kappa shape index (κ3) is 1.68. The highest BCUT2D eigenvalue weighted by atomic mass is 19.1. The third-order valence-electron chi connectivity index (χ3n) is 2.59. The van der Waals surface area contributed by atoms with Gasteiger partial charge in [0.05, 0.1) is 0 Å². The summed E-state index contributed by atoms with van der Waals surface area (Å²) in [5, 5.41) is 8.69. The molecule has 1 aromatic carbocycles. The molecule has 1 aromatic rings. The fourth-order valence-corrected chi connectivity index (χ4v) is 1.84. The number of nitrogens with zero attached hydrogens (tertiary/aromatic N) is 1. The van der Waals surface area contributed by atoms with Crippen LogP contribution in [0.25, 0.3) is 0 Å². The normalized spacial score (nSPS) is 21.8. The summed E-state index contributed by atoms with van der Waals surface area (Å²) in [7, 11) is 0. The molecule has 0 aromatic heterocycles. The second-order valence-corrected chi connectivity index (χ2v) is 3.79. The van der Waals surface area contributed by atoms with Gasteiger partial charge in [-0.1, -0.05) is 12.1 Å². The lowest BCUT2D eigenvalue weighted by Crippen LogP contribution is -2.27. The Kier molecular flexibility index (Phi) is 2.43. The molecular weight excluding hydrogens is 225 g/mol. The quantitative estimate of drug-likeness (QED) is 0.545. The molecule has 0 saturated heterocycles. The van der Waals surface area contributed by atoms with Crippen LogP contribution in [0.1, 0.15) is 22.8 Å². The SMILES string of the molecule is CC(=O)Oc1cccc2c1CC(F)(C#N)C2=O. The van der Waals surface area contributed by atoms with Crippen LogP contribution in [0.2, 0.25) is 0 Å². The number of ether oxygens (including phenoxy) is 1. The van der Waals surface area contributed by atoms with Gasteiger partial charge >= 0.3 is 5.97 Å². The topological polar surface area (TPSA) is 67.2 Å². The lowest BCUT2D eigenvalue weighted by Gasteiger charge is -2.06. The van der Waals surface area contributed by atoms with Gasteiger partial charge in [-0.15, -0.1) is 0 Å². The first-order chi connectivity index (χ1) is 7.98. The molecule has 0 bridgehead atoms. The van der Waals surface area contributed by atoms with Gasteiger partial charge in [0.1, 0.15) is 11.8 Å². The van der Waals surface area contributed by atoms with Gasteiger partial charge in [-0.2, -0.15) is 5.26 Å². The van der Waals surface area contributed by atoms with E-state index in [1.54, 1.807) is 0 Å². The van der Waals surface area contributed by atoms with E-state index >= 15 is 0 Å². The fourth-order valence-electron chi connectivity index (χ4n) is 1.84. The fraction of sp³-hybridized carbons (Fsp3) is 0.250. The molecular formula is C12H8FNO3. The number of carbonyl (C=O) groups excluding carboxylic acids is 2. The van der Waals surface area contributed by atoms with Crippen LogP contribution in [-0.2, 0) is 11.2 Å². The maximum atomic E-state index is 13.9. The second-order valence-electron chi connectivity index (χ2n) is 3.79. The number of fused-ring (bicyclic) bond motifs is 1. The average Bonchev–Trinajstić information content (AvgIpc) is 2.54. The largest absolute Gasteiger partial charge is 0.426 e. The standard InChI is InChI=1S/C12H8FNO3/c1-7(15)17-10-4-2-3-8-9(10)5-12(13,6-14)11(8)16/h2-4H,5H2,1H3. The molecule has 1 aliphatic rings. The van der Waals surface area contributed by atoms with E-state index in [4.69, 9.17) is 10.00 Å². The Hall–Kier alpha value is -2.22. The molecule has 2 rings (SSSR count). The first-order valence-electron chi connectivity index (χ1n) is 4.93. The van der Waals surface area contributed by atoms with E-state index in [0.717, 1.165) is 0 Å². The molecule has 0 aliphatic heterocycles. The molecule has 0 radical (unpaired) electrons. The summed E-state index contributed by atoms with van der Waals surface area (Å²) in [5.41, 5.74) is -2.16. The molecule has 0 spiro atoms. The van der Waals surface area contributed by atoms with E-state index in [9.17, 15) is 14.0 Å². The molecule has 0 heterocycles. The van der Waals surface area contributed by atoms with Crippen LogP contribution in [-0.4, -0.2) is 17.4 Å². The average molecular weight is 233 g/mol. The van der Waals surface area contributed by atoms with Crippen LogP contribution < -0.4 is 4.74 Å².